The van der Waals surface area contributed by atoms with E-state index < -0.39 is 9.84 Å². The third-order valence-electron chi connectivity index (χ3n) is 2.85. The number of sulfone groups is 1. The molecule has 1 unspecified atom stereocenters. The van der Waals surface area contributed by atoms with Crippen LogP contribution in [0.5, 0.6) is 11.5 Å². The molecule has 1 aromatic carbocycles. The molecule has 0 saturated carbocycles. The van der Waals surface area contributed by atoms with Gasteiger partial charge in [0.2, 0.25) is 0 Å². The molecule has 116 valence electrons. The molecule has 0 amide bonds. The molecule has 1 rings (SSSR count). The molecule has 0 saturated heterocycles. The second kappa shape index (κ2) is 7.71. The highest BCUT2D eigenvalue weighted by molar-refractivity contribution is 7.91. The SMILES string of the molecule is CCS(=O)(=O)c1cc(OC)c(CC(C)[NH3+])cc1OC.[Cl-]. The molecule has 0 aliphatic rings. The minimum atomic E-state index is -3.34. The maximum Gasteiger partial charge on any atom is 0.181 e. The maximum atomic E-state index is 12.0. The lowest BCUT2D eigenvalue weighted by molar-refractivity contribution is -0.413. The largest absolute Gasteiger partial charge is 1.00 e. The Kier molecular flexibility index (Phi) is 7.33. The van der Waals surface area contributed by atoms with Crippen LogP contribution in [0.25, 0.3) is 0 Å². The molecule has 1 atom stereocenters. The molecule has 3 N–H and O–H groups in total. The maximum absolute atomic E-state index is 12.0. The quantitative estimate of drug-likeness (QED) is 0.637. The molecule has 5 nitrogen and oxygen atoms in total. The van der Waals surface area contributed by atoms with Crippen molar-refractivity contribution in [3.8, 4) is 11.5 Å². The normalized spacial score (nSPS) is 12.4. The lowest BCUT2D eigenvalue weighted by atomic mass is 10.1. The van der Waals surface area contributed by atoms with Crippen molar-refractivity contribution in [2.45, 2.75) is 31.2 Å². The van der Waals surface area contributed by atoms with Crippen LogP contribution in [0.1, 0.15) is 19.4 Å². The molecule has 1 aromatic rings. The minimum Gasteiger partial charge on any atom is -1.00 e. The summed E-state index contributed by atoms with van der Waals surface area (Å²) in [6.07, 6.45) is 0.700. The van der Waals surface area contributed by atoms with Crippen LogP contribution in [0.15, 0.2) is 17.0 Å². The molecule has 0 bridgehead atoms. The van der Waals surface area contributed by atoms with Gasteiger partial charge in [0.1, 0.15) is 16.4 Å². The molecule has 0 spiro atoms. The summed E-state index contributed by atoms with van der Waals surface area (Å²) in [6.45, 7) is 3.59. The van der Waals surface area contributed by atoms with Gasteiger partial charge in [0.05, 0.1) is 26.0 Å². The second-order valence-corrected chi connectivity index (χ2v) is 6.77. The summed E-state index contributed by atoms with van der Waals surface area (Å²) in [4.78, 5) is 0.176. The third kappa shape index (κ3) is 4.26. The van der Waals surface area contributed by atoms with Gasteiger partial charge in [0, 0.05) is 18.1 Å². The van der Waals surface area contributed by atoms with Crippen LogP contribution in [0.2, 0.25) is 0 Å². The van der Waals surface area contributed by atoms with Gasteiger partial charge in [-0.3, -0.25) is 0 Å². The van der Waals surface area contributed by atoms with Crippen molar-refractivity contribution >= 4 is 9.84 Å². The fourth-order valence-electron chi connectivity index (χ4n) is 1.87. The number of rotatable bonds is 6. The van der Waals surface area contributed by atoms with Crippen molar-refractivity contribution in [3.63, 3.8) is 0 Å². The Labute approximate surface area is 126 Å². The summed E-state index contributed by atoms with van der Waals surface area (Å²) in [5.41, 5.74) is 4.84. The zero-order chi connectivity index (χ0) is 14.6. The van der Waals surface area contributed by atoms with Crippen LogP contribution < -0.4 is 27.6 Å². The van der Waals surface area contributed by atoms with Crippen LogP contribution in [-0.4, -0.2) is 34.4 Å². The van der Waals surface area contributed by atoms with E-state index in [9.17, 15) is 8.42 Å². The van der Waals surface area contributed by atoms with Gasteiger partial charge in [0.15, 0.2) is 9.84 Å². The summed E-state index contributed by atoms with van der Waals surface area (Å²) >= 11 is 0. The number of ether oxygens (including phenoxy) is 2. The van der Waals surface area contributed by atoms with Crippen LogP contribution in [-0.2, 0) is 16.3 Å². The first kappa shape index (κ1) is 19.0. The number of halogens is 1. The van der Waals surface area contributed by atoms with Gasteiger partial charge in [-0.2, -0.15) is 0 Å². The van der Waals surface area contributed by atoms with E-state index >= 15 is 0 Å². The first-order valence-corrected chi connectivity index (χ1v) is 7.81. The number of hydrogen-bond donors (Lipinski definition) is 1. The smallest absolute Gasteiger partial charge is 0.181 e. The van der Waals surface area contributed by atoms with Crippen molar-refractivity contribution in [3.05, 3.63) is 17.7 Å². The molecule has 7 heteroatoms. The van der Waals surface area contributed by atoms with E-state index in [0.29, 0.717) is 17.9 Å². The monoisotopic (exact) mass is 323 g/mol. The summed E-state index contributed by atoms with van der Waals surface area (Å²) in [5, 5.41) is 0. The van der Waals surface area contributed by atoms with Crippen LogP contribution in [0, 0.1) is 0 Å². The Morgan fingerprint density at radius 3 is 2.15 bits per heavy atom. The molecule has 0 fully saturated rings. The van der Waals surface area contributed by atoms with Crippen molar-refractivity contribution in [1.29, 1.82) is 0 Å². The molecule has 0 aliphatic carbocycles. The van der Waals surface area contributed by atoms with Crippen LogP contribution in [0.3, 0.4) is 0 Å². The van der Waals surface area contributed by atoms with Gasteiger partial charge in [-0.25, -0.2) is 8.42 Å². The van der Waals surface area contributed by atoms with E-state index in [1.54, 1.807) is 13.0 Å². The van der Waals surface area contributed by atoms with E-state index in [1.165, 1.54) is 20.3 Å². The van der Waals surface area contributed by atoms with E-state index in [-0.39, 0.29) is 29.1 Å². The average molecular weight is 324 g/mol. The van der Waals surface area contributed by atoms with Gasteiger partial charge in [0.25, 0.3) is 0 Å². The second-order valence-electron chi connectivity index (χ2n) is 4.53. The lowest BCUT2D eigenvalue weighted by Crippen LogP contribution is -3.00. The van der Waals surface area contributed by atoms with Crippen molar-refractivity contribution < 1.29 is 36.0 Å². The van der Waals surface area contributed by atoms with Crippen LogP contribution in [0.4, 0.5) is 0 Å². The highest BCUT2D eigenvalue weighted by atomic mass is 35.5. The third-order valence-corrected chi connectivity index (χ3v) is 4.60. The Morgan fingerprint density at radius 2 is 1.75 bits per heavy atom. The molecule has 0 heterocycles. The average Bonchev–Trinajstić information content (AvgIpc) is 2.37. The Balaban J connectivity index is 0.00000361. The van der Waals surface area contributed by atoms with Crippen molar-refractivity contribution in [2.24, 2.45) is 0 Å². The number of quaternary nitrogens is 1. The van der Waals surface area contributed by atoms with Crippen molar-refractivity contribution in [1.82, 2.24) is 0 Å². The molecule has 20 heavy (non-hydrogen) atoms. The Hall–Kier alpha value is -0.980. The van der Waals surface area contributed by atoms with Gasteiger partial charge >= 0.3 is 0 Å². The fraction of sp³-hybridized carbons (Fsp3) is 0.538. The predicted octanol–water partition coefficient (Wildman–Crippen LogP) is -2.33. The zero-order valence-corrected chi connectivity index (χ0v) is 13.8. The lowest BCUT2D eigenvalue weighted by Gasteiger charge is -2.15. The summed E-state index contributed by atoms with van der Waals surface area (Å²) in [6, 6.07) is 3.46. The van der Waals surface area contributed by atoms with Gasteiger partial charge in [-0.05, 0) is 13.0 Å². The van der Waals surface area contributed by atoms with Gasteiger partial charge in [-0.1, -0.05) is 6.92 Å². The van der Waals surface area contributed by atoms with Gasteiger partial charge < -0.3 is 27.6 Å². The van der Waals surface area contributed by atoms with E-state index in [2.05, 4.69) is 5.73 Å². The predicted molar refractivity (Wildman–Crippen MR) is 73.3 cm³/mol. The van der Waals surface area contributed by atoms with Gasteiger partial charge in [-0.15, -0.1) is 0 Å². The summed E-state index contributed by atoms with van der Waals surface area (Å²) in [7, 11) is -0.344. The standard InChI is InChI=1S/C13H21NO4S.ClH/c1-5-19(15,16)13-8-11(17-3)10(6-9(2)14)7-12(13)18-4;/h7-9H,5-6,14H2,1-4H3;1H. The Bertz CT molecular complexity index is 544. The van der Waals surface area contributed by atoms with E-state index in [4.69, 9.17) is 9.47 Å². The van der Waals surface area contributed by atoms with E-state index in [0.717, 1.165) is 5.56 Å². The topological polar surface area (TPSA) is 80.2 Å². The molecule has 0 aliphatic heterocycles. The highest BCUT2D eigenvalue weighted by Gasteiger charge is 2.21. The van der Waals surface area contributed by atoms with Crippen LogP contribution >= 0.6 is 0 Å². The number of benzene rings is 1. The molecule has 0 radical (unpaired) electrons. The zero-order valence-electron chi connectivity index (χ0n) is 12.3. The fourth-order valence-corrected chi connectivity index (χ4v) is 2.91. The number of methoxy groups -OCH3 is 2. The highest BCUT2D eigenvalue weighted by Crippen LogP contribution is 2.33. The minimum absolute atomic E-state index is 0. The first-order valence-electron chi connectivity index (χ1n) is 6.16. The number of hydrogen-bond acceptors (Lipinski definition) is 4. The molecular weight excluding hydrogens is 302 g/mol. The van der Waals surface area contributed by atoms with E-state index in [1.807, 2.05) is 6.92 Å². The summed E-state index contributed by atoms with van der Waals surface area (Å²) in [5.74, 6) is 0.944. The Morgan fingerprint density at radius 1 is 1.20 bits per heavy atom. The van der Waals surface area contributed by atoms with Crippen molar-refractivity contribution in [2.75, 3.05) is 20.0 Å². The first-order chi connectivity index (χ1) is 8.85. The molecule has 0 aromatic heterocycles. The molecular formula is C13H22ClNO4S. The summed E-state index contributed by atoms with van der Waals surface area (Å²) < 4.78 is 34.5.